The molecule has 17 heteroatoms. The van der Waals surface area contributed by atoms with Crippen molar-refractivity contribution in [1.82, 2.24) is 9.55 Å². The lowest BCUT2D eigenvalue weighted by molar-refractivity contribution is -0.0528. The van der Waals surface area contributed by atoms with E-state index >= 15 is 0 Å². The van der Waals surface area contributed by atoms with Crippen molar-refractivity contribution in [2.24, 2.45) is 0 Å². The van der Waals surface area contributed by atoms with E-state index in [9.17, 15) is 23.2 Å². The summed E-state index contributed by atoms with van der Waals surface area (Å²) in [4.78, 5) is 39.0. The summed E-state index contributed by atoms with van der Waals surface area (Å²) in [6.45, 7) is 6.96. The number of halogens is 2. The van der Waals surface area contributed by atoms with Crippen LogP contribution in [0.5, 0.6) is 0 Å². The highest BCUT2D eigenvalue weighted by molar-refractivity contribution is 7.41. The van der Waals surface area contributed by atoms with E-state index in [1.165, 1.54) is 6.20 Å². The van der Waals surface area contributed by atoms with Gasteiger partial charge in [0, 0.05) is 18.2 Å². The molecule has 3 atom stereocenters. The Morgan fingerprint density at radius 1 is 1.10 bits per heavy atom. The number of nitrogens with two attached hydrogens (primary N) is 1. The molecule has 0 amide bonds. The van der Waals surface area contributed by atoms with Crippen molar-refractivity contribution in [3.8, 4) is 0 Å². The molecule has 0 radical (unpaired) electrons. The van der Waals surface area contributed by atoms with Crippen molar-refractivity contribution in [3.63, 3.8) is 0 Å². The number of carbonyl (C=O) groups excluding carboxylic acids is 2. The number of ether oxygens (including phenoxy) is 5. The van der Waals surface area contributed by atoms with Crippen LogP contribution in [0, 0.1) is 0 Å². The Morgan fingerprint density at radius 3 is 2.13 bits per heavy atom. The first-order valence-corrected chi connectivity index (χ1v) is 13.0. The molecule has 0 aliphatic carbocycles. The topological polar surface area (TPSA) is 169 Å². The number of hydrogen-bond donors (Lipinski definition) is 1. The summed E-state index contributed by atoms with van der Waals surface area (Å²) in [5, 5.41) is 0. The lowest BCUT2D eigenvalue weighted by Crippen LogP contribution is -2.31. The minimum Gasteiger partial charge on any atom is -0.432 e. The molecular weight excluding hydrogens is 551 g/mol. The fourth-order valence-corrected chi connectivity index (χ4v) is 3.76. The molecule has 1 saturated heterocycles. The summed E-state index contributed by atoms with van der Waals surface area (Å²) in [5.74, 6) is 0.0796. The van der Waals surface area contributed by atoms with Gasteiger partial charge in [0.15, 0.2) is 6.23 Å². The number of aryl methyl sites for hydroxylation is 1. The number of aromatic nitrogens is 2. The van der Waals surface area contributed by atoms with Gasteiger partial charge in [0.05, 0.1) is 32.1 Å². The first kappa shape index (κ1) is 34.4. The van der Waals surface area contributed by atoms with E-state index in [4.69, 9.17) is 43.0 Å². The zero-order valence-electron chi connectivity index (χ0n) is 22.7. The fraction of sp³-hybridized carbons (Fsp3) is 0.727. The van der Waals surface area contributed by atoms with Gasteiger partial charge in [-0.25, -0.2) is 18.8 Å². The van der Waals surface area contributed by atoms with E-state index in [1.54, 1.807) is 27.7 Å². The monoisotopic (exact) mass is 587 g/mol. The van der Waals surface area contributed by atoms with Crippen LogP contribution in [0.4, 0.5) is 24.2 Å². The van der Waals surface area contributed by atoms with Gasteiger partial charge in [-0.05, 0) is 34.1 Å². The molecular formula is C22H36F2N3O11P. The molecule has 1 aromatic heterocycles. The van der Waals surface area contributed by atoms with E-state index < -0.39 is 70.9 Å². The van der Waals surface area contributed by atoms with Crippen LogP contribution < -0.4 is 11.4 Å². The van der Waals surface area contributed by atoms with Gasteiger partial charge >= 0.3 is 26.6 Å². The SMILES string of the molecule is CCc1cn(C2OC(COP(OCOC(=O)OC(C)C)OCOC(=O)OC(C)C)CC2F)c(=O)nc1N.CF. The van der Waals surface area contributed by atoms with Gasteiger partial charge in [-0.2, -0.15) is 4.98 Å². The number of alkyl halides is 2. The Bertz CT molecular complexity index is 926. The van der Waals surface area contributed by atoms with Crippen LogP contribution >= 0.6 is 8.60 Å². The van der Waals surface area contributed by atoms with Crippen LogP contribution in [0.1, 0.15) is 52.8 Å². The van der Waals surface area contributed by atoms with Crippen molar-refractivity contribution in [2.75, 3.05) is 33.1 Å². The Kier molecular flexibility index (Phi) is 15.7. The van der Waals surface area contributed by atoms with Crippen LogP contribution in [-0.2, 0) is 43.7 Å². The molecule has 0 bridgehead atoms. The van der Waals surface area contributed by atoms with Gasteiger partial charge in [-0.3, -0.25) is 18.0 Å². The first-order chi connectivity index (χ1) is 18.5. The fourth-order valence-electron chi connectivity index (χ4n) is 2.97. The zero-order chi connectivity index (χ0) is 29.5. The second kappa shape index (κ2) is 17.8. The van der Waals surface area contributed by atoms with E-state index in [-0.39, 0.29) is 18.8 Å². The predicted octanol–water partition coefficient (Wildman–Crippen LogP) is 3.91. The van der Waals surface area contributed by atoms with Crippen molar-refractivity contribution in [2.45, 2.75) is 78.2 Å². The standard InChI is InChI=1S/C21H33FN3O11P.CH3F/c1-6-14-8-25(19(26)24-17(14)23)18-16(22)7-15(36-18)9-31-37(32-10-29-20(27)34-12(2)3)33-11-30-21(28)35-13(4)5;1-2/h8,12-13,15-16,18H,6-7,9-11H2,1-5H3,(H2,23,24,26);1H3. The van der Waals surface area contributed by atoms with E-state index in [0.29, 0.717) is 19.2 Å². The molecule has 39 heavy (non-hydrogen) atoms. The molecule has 2 rings (SSSR count). The number of rotatable bonds is 13. The molecule has 14 nitrogen and oxygen atoms in total. The highest BCUT2D eigenvalue weighted by Gasteiger charge is 2.38. The molecule has 3 unspecified atom stereocenters. The highest BCUT2D eigenvalue weighted by atomic mass is 31.2. The molecule has 0 spiro atoms. The molecule has 2 N–H and O–H groups in total. The summed E-state index contributed by atoms with van der Waals surface area (Å²) >= 11 is 0. The van der Waals surface area contributed by atoms with Gasteiger partial charge in [0.2, 0.25) is 13.6 Å². The van der Waals surface area contributed by atoms with E-state index in [2.05, 4.69) is 4.98 Å². The number of hydrogen-bond acceptors (Lipinski definition) is 13. The van der Waals surface area contributed by atoms with E-state index in [1.807, 2.05) is 6.92 Å². The van der Waals surface area contributed by atoms with Crippen LogP contribution in [0.3, 0.4) is 0 Å². The normalized spacial score (nSPS) is 18.6. The summed E-state index contributed by atoms with van der Waals surface area (Å²) in [6.07, 6.45) is -4.48. The van der Waals surface area contributed by atoms with Gasteiger partial charge in [-0.1, -0.05) is 6.92 Å². The summed E-state index contributed by atoms with van der Waals surface area (Å²) in [6, 6.07) is 0. The van der Waals surface area contributed by atoms with Crippen LogP contribution in [-0.4, -0.2) is 73.7 Å². The molecule has 0 aromatic carbocycles. The average Bonchev–Trinajstić information content (AvgIpc) is 3.22. The van der Waals surface area contributed by atoms with Gasteiger partial charge < -0.3 is 33.9 Å². The van der Waals surface area contributed by atoms with Crippen LogP contribution in [0.15, 0.2) is 11.0 Å². The molecule has 1 aliphatic rings. The third-order valence-corrected chi connectivity index (χ3v) is 5.54. The number of anilines is 1. The smallest absolute Gasteiger partial charge is 0.432 e. The van der Waals surface area contributed by atoms with Gasteiger partial charge in [0.25, 0.3) is 0 Å². The van der Waals surface area contributed by atoms with Gasteiger partial charge in [0.1, 0.15) is 12.0 Å². The summed E-state index contributed by atoms with van der Waals surface area (Å²) < 4.78 is 66.2. The van der Waals surface area contributed by atoms with Crippen molar-refractivity contribution in [1.29, 1.82) is 0 Å². The predicted molar refractivity (Wildman–Crippen MR) is 133 cm³/mol. The molecule has 1 aliphatic heterocycles. The molecule has 1 aromatic rings. The number of carbonyl (C=O) groups is 2. The van der Waals surface area contributed by atoms with Crippen molar-refractivity contribution >= 4 is 26.7 Å². The Labute approximate surface area is 225 Å². The highest BCUT2D eigenvalue weighted by Crippen LogP contribution is 2.41. The molecule has 0 saturated carbocycles. The quantitative estimate of drug-likeness (QED) is 0.200. The van der Waals surface area contributed by atoms with Crippen LogP contribution in [0.25, 0.3) is 0 Å². The van der Waals surface area contributed by atoms with Crippen molar-refractivity contribution < 1.29 is 55.6 Å². The Hall–Kier alpha value is -2.65. The zero-order valence-corrected chi connectivity index (χ0v) is 23.6. The lowest BCUT2D eigenvalue weighted by atomic mass is 10.2. The second-order valence-corrected chi connectivity index (χ2v) is 9.45. The molecule has 224 valence electrons. The minimum absolute atomic E-state index is 0.0796. The Morgan fingerprint density at radius 2 is 1.64 bits per heavy atom. The lowest BCUT2D eigenvalue weighted by Gasteiger charge is -2.20. The third-order valence-electron chi connectivity index (χ3n) is 4.54. The Balaban J connectivity index is 0.00000371. The maximum Gasteiger partial charge on any atom is 0.510 e. The minimum atomic E-state index is -2.25. The summed E-state index contributed by atoms with van der Waals surface area (Å²) in [5.41, 5.74) is 5.56. The maximum absolute atomic E-state index is 14.8. The van der Waals surface area contributed by atoms with E-state index in [0.717, 1.165) is 4.57 Å². The number of nitrogens with zero attached hydrogens (tertiary/aromatic N) is 2. The maximum atomic E-state index is 14.8. The van der Waals surface area contributed by atoms with Gasteiger partial charge in [-0.15, -0.1) is 0 Å². The number of nitrogen functional groups attached to an aromatic ring is 1. The first-order valence-electron chi connectivity index (χ1n) is 11.9. The summed E-state index contributed by atoms with van der Waals surface area (Å²) in [7, 11) is -1.75. The molecule has 2 heterocycles. The second-order valence-electron chi connectivity index (χ2n) is 8.23. The third kappa shape index (κ3) is 12.4. The average molecular weight is 588 g/mol. The van der Waals surface area contributed by atoms with Crippen molar-refractivity contribution in [3.05, 3.63) is 22.2 Å². The molecule has 1 fully saturated rings. The largest absolute Gasteiger partial charge is 0.510 e. The van der Waals surface area contributed by atoms with Crippen LogP contribution in [0.2, 0.25) is 0 Å².